The van der Waals surface area contributed by atoms with Crippen LogP contribution < -0.4 is 0 Å². The Hall–Kier alpha value is -5.55. The molecule has 1 radical (unpaired) electrons. The van der Waals surface area contributed by atoms with E-state index in [9.17, 15) is 0 Å². The van der Waals surface area contributed by atoms with Crippen LogP contribution in [0, 0.1) is 26.0 Å². The Morgan fingerprint density at radius 1 is 0.562 bits per heavy atom. The molecular formula is C42H28IrN4O-2. The zero-order valence-electron chi connectivity index (χ0n) is 26.2. The summed E-state index contributed by atoms with van der Waals surface area (Å²) in [6, 6.07) is 47.2. The molecular weight excluding hydrogens is 769 g/mol. The van der Waals surface area contributed by atoms with E-state index in [0.717, 1.165) is 88.8 Å². The first-order valence-electron chi connectivity index (χ1n) is 15.5. The van der Waals surface area contributed by atoms with E-state index in [2.05, 4.69) is 81.7 Å². The van der Waals surface area contributed by atoms with Gasteiger partial charge in [-0.25, -0.2) is 4.98 Å². The second-order valence-corrected chi connectivity index (χ2v) is 11.4. The fourth-order valence-corrected chi connectivity index (χ4v) is 5.90. The molecule has 9 rings (SSSR count). The average Bonchev–Trinajstić information content (AvgIpc) is 3.52. The second-order valence-electron chi connectivity index (χ2n) is 11.4. The van der Waals surface area contributed by atoms with Gasteiger partial charge in [-0.1, -0.05) is 59.5 Å². The molecule has 9 aromatic rings. The number of hydrogen-bond donors (Lipinski definition) is 0. The van der Waals surface area contributed by atoms with Crippen molar-refractivity contribution in [1.29, 1.82) is 0 Å². The monoisotopic (exact) mass is 797 g/mol. The maximum atomic E-state index is 6.48. The minimum absolute atomic E-state index is 0. The van der Waals surface area contributed by atoms with Crippen molar-refractivity contribution in [2.75, 3.05) is 0 Å². The first-order valence-corrected chi connectivity index (χ1v) is 15.5. The number of nitrogens with zero attached hydrogens (tertiary/aromatic N) is 4. The maximum absolute atomic E-state index is 6.48. The zero-order valence-corrected chi connectivity index (χ0v) is 28.6. The smallest absolute Gasteiger partial charge is 0.147 e. The molecule has 6 heteroatoms. The molecule has 5 nitrogen and oxygen atoms in total. The minimum Gasteiger partial charge on any atom is -0.498 e. The van der Waals surface area contributed by atoms with Gasteiger partial charge in [0, 0.05) is 60.0 Å². The van der Waals surface area contributed by atoms with Gasteiger partial charge in [0.1, 0.15) is 11.1 Å². The maximum Gasteiger partial charge on any atom is 0.147 e. The van der Waals surface area contributed by atoms with Gasteiger partial charge in [0.25, 0.3) is 0 Å². The first-order chi connectivity index (χ1) is 23.1. The van der Waals surface area contributed by atoms with Gasteiger partial charge in [0.05, 0.1) is 11.1 Å². The fraction of sp³-hybridized carbons (Fsp3) is 0.0476. The van der Waals surface area contributed by atoms with Crippen molar-refractivity contribution in [2.45, 2.75) is 13.8 Å². The summed E-state index contributed by atoms with van der Waals surface area (Å²) in [5.74, 6) is 0. The summed E-state index contributed by atoms with van der Waals surface area (Å²) >= 11 is 0. The van der Waals surface area contributed by atoms with Crippen LogP contribution >= 0.6 is 0 Å². The second kappa shape index (κ2) is 13.3. The molecule has 4 aromatic carbocycles. The third kappa shape index (κ3) is 6.00. The minimum atomic E-state index is 0. The molecule has 0 unspecified atom stereocenters. The summed E-state index contributed by atoms with van der Waals surface area (Å²) in [4.78, 5) is 18.3. The van der Waals surface area contributed by atoms with Crippen molar-refractivity contribution in [3.63, 3.8) is 0 Å². The molecule has 0 amide bonds. The number of hydrogen-bond acceptors (Lipinski definition) is 5. The Labute approximate surface area is 291 Å². The molecule has 0 bridgehead atoms. The van der Waals surface area contributed by atoms with Crippen LogP contribution in [0.2, 0.25) is 0 Å². The zero-order chi connectivity index (χ0) is 31.7. The van der Waals surface area contributed by atoms with Crippen molar-refractivity contribution >= 4 is 43.7 Å². The summed E-state index contributed by atoms with van der Waals surface area (Å²) in [5.41, 5.74) is 11.3. The van der Waals surface area contributed by atoms with E-state index in [1.807, 2.05) is 86.8 Å². The van der Waals surface area contributed by atoms with Crippen LogP contribution in [0.5, 0.6) is 0 Å². The molecule has 48 heavy (non-hydrogen) atoms. The number of furan rings is 1. The number of aromatic nitrogens is 4. The molecule has 0 saturated carbocycles. The molecule has 0 aliphatic heterocycles. The van der Waals surface area contributed by atoms with E-state index in [1.54, 1.807) is 6.20 Å². The Bertz CT molecular complexity index is 2510. The first kappa shape index (κ1) is 31.1. The topological polar surface area (TPSA) is 64.7 Å². The summed E-state index contributed by atoms with van der Waals surface area (Å²) < 4.78 is 6.48. The van der Waals surface area contributed by atoms with Gasteiger partial charge < -0.3 is 14.4 Å². The molecule has 0 spiro atoms. The van der Waals surface area contributed by atoms with Gasteiger partial charge in [-0.15, -0.1) is 54.1 Å². The molecule has 0 fully saturated rings. The van der Waals surface area contributed by atoms with Crippen LogP contribution in [-0.2, 0) is 20.1 Å². The number of benzene rings is 4. The van der Waals surface area contributed by atoms with E-state index in [0.29, 0.717) is 0 Å². The molecule has 5 heterocycles. The van der Waals surface area contributed by atoms with Crippen LogP contribution in [0.1, 0.15) is 11.4 Å². The van der Waals surface area contributed by atoms with E-state index in [1.165, 1.54) is 0 Å². The Balaban J connectivity index is 0.000000237. The van der Waals surface area contributed by atoms with Crippen LogP contribution in [0.15, 0.2) is 138 Å². The standard InChI is InChI=1S/C31H20N3O.C11H8N.Ir/c1-18-7-9-23-16-21(11-13-27(23)33-18)22-14-15-32-28(17-22)26-5-3-4-24-25-12-10-20-8-6-19(2)34-29(20)31(25)35-30(24)26;1-2-6-10(7-3-1)11-8-4-5-9-12-11;/h3-4,6-17H,1-2H3;1-6,8-9H;/q2*-1;. The van der Waals surface area contributed by atoms with E-state index in [-0.39, 0.29) is 20.1 Å². The number of fused-ring (bicyclic) bond motifs is 6. The van der Waals surface area contributed by atoms with E-state index >= 15 is 0 Å². The largest absolute Gasteiger partial charge is 0.498 e. The van der Waals surface area contributed by atoms with Gasteiger partial charge in [-0.3, -0.25) is 4.98 Å². The Kier molecular flexibility index (Phi) is 8.60. The average molecular weight is 797 g/mol. The molecule has 0 aliphatic rings. The molecule has 5 aromatic heterocycles. The predicted molar refractivity (Wildman–Crippen MR) is 190 cm³/mol. The van der Waals surface area contributed by atoms with Crippen LogP contribution in [0.3, 0.4) is 0 Å². The van der Waals surface area contributed by atoms with Crippen molar-refractivity contribution in [1.82, 2.24) is 19.9 Å². The molecule has 0 saturated heterocycles. The van der Waals surface area contributed by atoms with Gasteiger partial charge in [0.2, 0.25) is 0 Å². The van der Waals surface area contributed by atoms with Crippen molar-refractivity contribution in [2.24, 2.45) is 0 Å². The van der Waals surface area contributed by atoms with Gasteiger partial charge >= 0.3 is 0 Å². The Morgan fingerprint density at radius 3 is 2.17 bits per heavy atom. The summed E-state index contributed by atoms with van der Waals surface area (Å²) in [7, 11) is 0. The van der Waals surface area contributed by atoms with Gasteiger partial charge in [0.15, 0.2) is 0 Å². The summed E-state index contributed by atoms with van der Waals surface area (Å²) in [5, 5.41) is 4.27. The van der Waals surface area contributed by atoms with E-state index < -0.39 is 0 Å². The van der Waals surface area contributed by atoms with Crippen LogP contribution in [-0.4, -0.2) is 19.9 Å². The Morgan fingerprint density at radius 2 is 1.33 bits per heavy atom. The van der Waals surface area contributed by atoms with Gasteiger partial charge in [-0.2, -0.15) is 0 Å². The number of rotatable bonds is 3. The normalized spacial score (nSPS) is 11.0. The fourth-order valence-electron chi connectivity index (χ4n) is 5.90. The van der Waals surface area contributed by atoms with Crippen LogP contribution in [0.25, 0.3) is 77.4 Å². The summed E-state index contributed by atoms with van der Waals surface area (Å²) in [6.07, 6.45) is 3.63. The van der Waals surface area contributed by atoms with Gasteiger partial charge in [-0.05, 0) is 72.8 Å². The van der Waals surface area contributed by atoms with Crippen molar-refractivity contribution in [3.05, 3.63) is 157 Å². The number of aryl methyl sites for hydroxylation is 2. The molecule has 0 aliphatic carbocycles. The third-order valence-corrected chi connectivity index (χ3v) is 8.23. The van der Waals surface area contributed by atoms with Crippen LogP contribution in [0.4, 0.5) is 0 Å². The molecule has 0 atom stereocenters. The van der Waals surface area contributed by atoms with E-state index in [4.69, 9.17) is 9.40 Å². The quantitative estimate of drug-likeness (QED) is 0.167. The van der Waals surface area contributed by atoms with Crippen molar-refractivity contribution < 1.29 is 24.5 Å². The van der Waals surface area contributed by atoms with Crippen molar-refractivity contribution in [3.8, 4) is 33.6 Å². The molecule has 0 N–H and O–H groups in total. The SMILES string of the molecule is Cc1ccc2cc(-c3ccnc(-c4[c-]ccc5c4oc4c5ccc5ccc(C)nc54)c3)ccc2n1.[Ir].[c-]1ccccc1-c1ccccn1. The predicted octanol–water partition coefficient (Wildman–Crippen LogP) is 10.4. The summed E-state index contributed by atoms with van der Waals surface area (Å²) in [6.45, 7) is 4.01. The molecule has 233 valence electrons. The number of pyridine rings is 4. The third-order valence-electron chi connectivity index (χ3n) is 8.23.